The van der Waals surface area contributed by atoms with Gasteiger partial charge in [-0.3, -0.25) is 5.10 Å². The summed E-state index contributed by atoms with van der Waals surface area (Å²) >= 11 is 0. The van der Waals surface area contributed by atoms with Crippen LogP contribution in [0.15, 0.2) is 29.9 Å². The number of nitrogens with zero attached hydrogens (tertiary/aromatic N) is 1. The molecule has 0 atom stereocenters. The Morgan fingerprint density at radius 3 is 2.59 bits per heavy atom. The lowest BCUT2D eigenvalue weighted by Crippen LogP contribution is -2.41. The number of nitrogens with one attached hydrogen (secondary N) is 1. The van der Waals surface area contributed by atoms with Crippen LogP contribution in [0.5, 0.6) is 0 Å². The van der Waals surface area contributed by atoms with Gasteiger partial charge in [0.1, 0.15) is 0 Å². The fraction of sp³-hybridized carbons (Fsp3) is 0.438. The van der Waals surface area contributed by atoms with Gasteiger partial charge in [0.2, 0.25) is 0 Å². The molecule has 0 aliphatic carbocycles. The first-order chi connectivity index (χ1) is 10.3. The van der Waals surface area contributed by atoms with Gasteiger partial charge in [-0.05, 0) is 44.8 Å². The van der Waals surface area contributed by atoms with Crippen LogP contribution in [-0.4, -0.2) is 35.1 Å². The molecule has 0 unspecified atom stereocenters. The van der Waals surface area contributed by atoms with Crippen LogP contribution in [0.25, 0.3) is 17.0 Å². The number of nitrogens with two attached hydrogens (primary N) is 1. The Labute approximate surface area is 131 Å². The molecular formula is C16H22BN3O2. The fourth-order valence-electron chi connectivity index (χ4n) is 2.53. The number of hydrogen-bond donors (Lipinski definition) is 2. The Hall–Kier alpha value is -1.63. The average Bonchev–Trinajstić information content (AvgIpc) is 2.99. The Kier molecular flexibility index (Phi) is 3.63. The molecule has 2 aromatic rings. The largest absolute Gasteiger partial charge is 0.491 e. The second-order valence-corrected chi connectivity index (χ2v) is 6.69. The number of aromatic nitrogens is 2. The Morgan fingerprint density at radius 2 is 1.95 bits per heavy atom. The summed E-state index contributed by atoms with van der Waals surface area (Å²) in [6.07, 6.45) is 3.86. The number of H-pyrrole nitrogens is 1. The maximum atomic E-state index is 6.09. The summed E-state index contributed by atoms with van der Waals surface area (Å²) in [6, 6.07) is 6.03. The zero-order valence-electron chi connectivity index (χ0n) is 13.5. The monoisotopic (exact) mass is 299 g/mol. The molecule has 1 fully saturated rings. The van der Waals surface area contributed by atoms with E-state index in [1.807, 2.05) is 58.2 Å². The van der Waals surface area contributed by atoms with Gasteiger partial charge in [-0.15, -0.1) is 0 Å². The maximum absolute atomic E-state index is 6.09. The Morgan fingerprint density at radius 1 is 1.27 bits per heavy atom. The van der Waals surface area contributed by atoms with Crippen LogP contribution in [0.1, 0.15) is 33.3 Å². The molecule has 2 heterocycles. The molecule has 1 aromatic heterocycles. The van der Waals surface area contributed by atoms with Crippen molar-refractivity contribution in [2.45, 2.75) is 38.9 Å². The first-order valence-corrected chi connectivity index (χ1v) is 7.52. The van der Waals surface area contributed by atoms with E-state index in [2.05, 4.69) is 10.2 Å². The first-order valence-electron chi connectivity index (χ1n) is 7.52. The van der Waals surface area contributed by atoms with Crippen molar-refractivity contribution in [1.29, 1.82) is 0 Å². The van der Waals surface area contributed by atoms with E-state index in [9.17, 15) is 0 Å². The number of aromatic amines is 1. The van der Waals surface area contributed by atoms with Gasteiger partial charge in [-0.25, -0.2) is 0 Å². The smallest absolute Gasteiger partial charge is 0.400 e. The SMILES string of the molecule is CC1(C)OB(C(=Cc2cccc3[nH]ncc23)CN)OC1(C)C. The predicted octanol–water partition coefficient (Wildman–Crippen LogP) is 2.54. The van der Waals surface area contributed by atoms with Gasteiger partial charge in [0.15, 0.2) is 0 Å². The quantitative estimate of drug-likeness (QED) is 0.854. The minimum absolute atomic E-state index is 0.367. The van der Waals surface area contributed by atoms with E-state index in [-0.39, 0.29) is 11.2 Å². The average molecular weight is 299 g/mol. The summed E-state index contributed by atoms with van der Waals surface area (Å²) in [5.74, 6) is 0. The highest BCUT2D eigenvalue weighted by Gasteiger charge is 2.52. The minimum Gasteiger partial charge on any atom is -0.400 e. The fourth-order valence-corrected chi connectivity index (χ4v) is 2.53. The number of hydrogen-bond acceptors (Lipinski definition) is 4. The van der Waals surface area contributed by atoms with Crippen molar-refractivity contribution in [2.75, 3.05) is 6.54 Å². The molecule has 116 valence electrons. The van der Waals surface area contributed by atoms with Crippen LogP contribution in [0, 0.1) is 0 Å². The van der Waals surface area contributed by atoms with Crippen molar-refractivity contribution in [2.24, 2.45) is 5.73 Å². The maximum Gasteiger partial charge on any atom is 0.491 e. The van der Waals surface area contributed by atoms with Crippen molar-refractivity contribution >= 4 is 24.1 Å². The summed E-state index contributed by atoms with van der Waals surface area (Å²) in [5, 5.41) is 8.12. The zero-order valence-corrected chi connectivity index (χ0v) is 13.5. The van der Waals surface area contributed by atoms with Crippen LogP contribution in [-0.2, 0) is 9.31 Å². The van der Waals surface area contributed by atoms with Gasteiger partial charge in [-0.1, -0.05) is 18.2 Å². The molecule has 1 aliphatic rings. The molecule has 3 rings (SSSR count). The Balaban J connectivity index is 1.97. The predicted molar refractivity (Wildman–Crippen MR) is 89.2 cm³/mol. The normalized spacial score (nSPS) is 20.8. The summed E-state index contributed by atoms with van der Waals surface area (Å²) in [4.78, 5) is 0. The van der Waals surface area contributed by atoms with E-state index >= 15 is 0 Å². The van der Waals surface area contributed by atoms with Gasteiger partial charge >= 0.3 is 7.12 Å². The highest BCUT2D eigenvalue weighted by atomic mass is 16.7. The van der Waals surface area contributed by atoms with Crippen LogP contribution in [0.2, 0.25) is 0 Å². The third kappa shape index (κ3) is 2.47. The second kappa shape index (κ2) is 5.23. The lowest BCUT2D eigenvalue weighted by Gasteiger charge is -2.32. The molecule has 0 radical (unpaired) electrons. The van der Waals surface area contributed by atoms with Crippen molar-refractivity contribution < 1.29 is 9.31 Å². The van der Waals surface area contributed by atoms with E-state index in [1.165, 1.54) is 0 Å². The van der Waals surface area contributed by atoms with Crippen LogP contribution in [0.4, 0.5) is 0 Å². The van der Waals surface area contributed by atoms with E-state index in [1.54, 1.807) is 0 Å². The summed E-state index contributed by atoms with van der Waals surface area (Å²) in [5.41, 5.74) is 8.19. The molecule has 0 amide bonds. The molecule has 5 nitrogen and oxygen atoms in total. The van der Waals surface area contributed by atoms with Crippen molar-refractivity contribution in [3.8, 4) is 0 Å². The van der Waals surface area contributed by atoms with E-state index < -0.39 is 7.12 Å². The topological polar surface area (TPSA) is 73.2 Å². The van der Waals surface area contributed by atoms with E-state index in [0.717, 1.165) is 21.9 Å². The first kappa shape index (κ1) is 15.3. The molecule has 22 heavy (non-hydrogen) atoms. The summed E-state index contributed by atoms with van der Waals surface area (Å²) < 4.78 is 12.2. The lowest BCUT2D eigenvalue weighted by atomic mass is 9.77. The zero-order chi connectivity index (χ0) is 16.0. The van der Waals surface area contributed by atoms with Gasteiger partial charge in [0, 0.05) is 11.9 Å². The molecule has 1 saturated heterocycles. The second-order valence-electron chi connectivity index (χ2n) is 6.69. The number of fused-ring (bicyclic) bond motifs is 1. The molecule has 1 aromatic carbocycles. The van der Waals surface area contributed by atoms with Crippen LogP contribution >= 0.6 is 0 Å². The van der Waals surface area contributed by atoms with Crippen LogP contribution < -0.4 is 5.73 Å². The number of benzene rings is 1. The Bertz CT molecular complexity index is 705. The van der Waals surface area contributed by atoms with E-state index in [0.29, 0.717) is 6.54 Å². The lowest BCUT2D eigenvalue weighted by molar-refractivity contribution is 0.00578. The molecule has 0 saturated carbocycles. The minimum atomic E-state index is -0.419. The van der Waals surface area contributed by atoms with Gasteiger partial charge in [-0.2, -0.15) is 5.10 Å². The van der Waals surface area contributed by atoms with Crippen LogP contribution in [0.3, 0.4) is 0 Å². The molecular weight excluding hydrogens is 277 g/mol. The third-order valence-corrected chi connectivity index (χ3v) is 4.65. The number of rotatable bonds is 3. The molecule has 0 spiro atoms. The third-order valence-electron chi connectivity index (χ3n) is 4.65. The van der Waals surface area contributed by atoms with Crippen molar-refractivity contribution in [1.82, 2.24) is 10.2 Å². The highest BCUT2D eigenvalue weighted by Crippen LogP contribution is 2.38. The molecule has 6 heteroatoms. The van der Waals surface area contributed by atoms with Gasteiger partial charge in [0.05, 0.1) is 22.9 Å². The summed E-state index contributed by atoms with van der Waals surface area (Å²) in [7, 11) is -0.419. The molecule has 1 aliphatic heterocycles. The highest BCUT2D eigenvalue weighted by molar-refractivity contribution is 6.56. The molecule has 3 N–H and O–H groups in total. The van der Waals surface area contributed by atoms with Crippen molar-refractivity contribution in [3.05, 3.63) is 35.4 Å². The van der Waals surface area contributed by atoms with Crippen molar-refractivity contribution in [3.63, 3.8) is 0 Å². The molecule has 0 bridgehead atoms. The van der Waals surface area contributed by atoms with E-state index in [4.69, 9.17) is 15.0 Å². The van der Waals surface area contributed by atoms with Gasteiger partial charge < -0.3 is 15.0 Å². The van der Waals surface area contributed by atoms with Gasteiger partial charge in [0.25, 0.3) is 0 Å². The standard InChI is InChI=1S/C16H22BN3O2/c1-15(2)16(3,4)22-17(21-15)12(9-18)8-11-6-5-7-14-13(11)10-19-20-14/h5-8,10H,9,18H2,1-4H3,(H,19,20). The summed E-state index contributed by atoms with van der Waals surface area (Å²) in [6.45, 7) is 8.54.